The van der Waals surface area contributed by atoms with E-state index in [0.717, 1.165) is 39.7 Å². The molecule has 0 aliphatic carbocycles. The average Bonchev–Trinajstić information content (AvgIpc) is 2.69. The smallest absolute Gasteiger partial charge is 0.0894 e. The second kappa shape index (κ2) is 6.61. The zero-order chi connectivity index (χ0) is 17.1. The number of nitrogens with zero attached hydrogens (tertiary/aromatic N) is 4. The van der Waals surface area contributed by atoms with Crippen molar-refractivity contribution in [1.29, 1.82) is 0 Å². The van der Waals surface area contributed by atoms with E-state index in [2.05, 4.69) is 9.97 Å². The Labute approximate surface area is 146 Å². The SMILES string of the molecule is Cc1ccnc(-c2cccc(-c3cccc(-c4ccccn4)n3)n2)c1. The first kappa shape index (κ1) is 15.1. The zero-order valence-electron chi connectivity index (χ0n) is 13.8. The zero-order valence-corrected chi connectivity index (χ0v) is 13.8. The summed E-state index contributed by atoms with van der Waals surface area (Å²) in [5, 5.41) is 0. The molecule has 4 aromatic heterocycles. The summed E-state index contributed by atoms with van der Waals surface area (Å²) >= 11 is 0. The minimum atomic E-state index is 0.817. The highest BCUT2D eigenvalue weighted by molar-refractivity contribution is 5.64. The van der Waals surface area contributed by atoms with Gasteiger partial charge in [0.15, 0.2) is 0 Å². The molecule has 0 fully saturated rings. The van der Waals surface area contributed by atoms with Gasteiger partial charge in [0.1, 0.15) is 0 Å². The monoisotopic (exact) mass is 324 g/mol. The molecule has 0 saturated carbocycles. The van der Waals surface area contributed by atoms with Crippen LogP contribution in [0.25, 0.3) is 34.2 Å². The van der Waals surface area contributed by atoms with E-state index in [4.69, 9.17) is 9.97 Å². The second-order valence-corrected chi connectivity index (χ2v) is 5.75. The first-order valence-electron chi connectivity index (χ1n) is 8.08. The van der Waals surface area contributed by atoms with E-state index in [0.29, 0.717) is 0 Å². The number of hydrogen-bond donors (Lipinski definition) is 0. The molecule has 0 atom stereocenters. The lowest BCUT2D eigenvalue weighted by atomic mass is 10.1. The quantitative estimate of drug-likeness (QED) is 0.553. The van der Waals surface area contributed by atoms with Crippen LogP contribution < -0.4 is 0 Å². The molecule has 4 aromatic rings. The molecule has 0 bridgehead atoms. The Balaban J connectivity index is 1.75. The number of rotatable bonds is 3. The average molecular weight is 324 g/mol. The third-order valence-corrected chi connectivity index (χ3v) is 3.87. The van der Waals surface area contributed by atoms with Crippen LogP contribution in [0.5, 0.6) is 0 Å². The van der Waals surface area contributed by atoms with Gasteiger partial charge < -0.3 is 0 Å². The summed E-state index contributed by atoms with van der Waals surface area (Å²) in [5.41, 5.74) is 6.18. The summed E-state index contributed by atoms with van der Waals surface area (Å²) in [7, 11) is 0. The van der Waals surface area contributed by atoms with Gasteiger partial charge in [0.25, 0.3) is 0 Å². The lowest BCUT2D eigenvalue weighted by molar-refractivity contribution is 1.20. The topological polar surface area (TPSA) is 51.6 Å². The van der Waals surface area contributed by atoms with E-state index in [1.165, 1.54) is 0 Å². The minimum absolute atomic E-state index is 0.817. The Morgan fingerprint density at radius 2 is 1.08 bits per heavy atom. The van der Waals surface area contributed by atoms with Gasteiger partial charge in [-0.25, -0.2) is 9.97 Å². The number of aryl methyl sites for hydroxylation is 1. The van der Waals surface area contributed by atoms with Gasteiger partial charge in [0, 0.05) is 12.4 Å². The van der Waals surface area contributed by atoms with E-state index >= 15 is 0 Å². The molecule has 4 heteroatoms. The molecule has 0 radical (unpaired) electrons. The Morgan fingerprint density at radius 1 is 0.520 bits per heavy atom. The molecule has 4 heterocycles. The van der Waals surface area contributed by atoms with E-state index in [1.54, 1.807) is 12.4 Å². The molecule has 0 unspecified atom stereocenters. The molecule has 4 nitrogen and oxygen atoms in total. The predicted molar refractivity (Wildman–Crippen MR) is 98.7 cm³/mol. The van der Waals surface area contributed by atoms with Crippen LogP contribution in [0.1, 0.15) is 5.56 Å². The van der Waals surface area contributed by atoms with Crippen molar-refractivity contribution in [3.63, 3.8) is 0 Å². The van der Waals surface area contributed by atoms with Gasteiger partial charge in [-0.3, -0.25) is 9.97 Å². The maximum atomic E-state index is 4.74. The fourth-order valence-electron chi connectivity index (χ4n) is 2.63. The minimum Gasteiger partial charge on any atom is -0.255 e. The van der Waals surface area contributed by atoms with Crippen molar-refractivity contribution in [3.8, 4) is 34.2 Å². The van der Waals surface area contributed by atoms with Crippen LogP contribution in [0.3, 0.4) is 0 Å². The number of hydrogen-bond acceptors (Lipinski definition) is 4. The Bertz CT molecular complexity index is 1010. The molecule has 25 heavy (non-hydrogen) atoms. The van der Waals surface area contributed by atoms with Gasteiger partial charge in [0.2, 0.25) is 0 Å². The Morgan fingerprint density at radius 3 is 1.68 bits per heavy atom. The van der Waals surface area contributed by atoms with Crippen LogP contribution in [0.15, 0.2) is 79.1 Å². The van der Waals surface area contributed by atoms with Gasteiger partial charge in [0.05, 0.1) is 34.2 Å². The van der Waals surface area contributed by atoms with Gasteiger partial charge in [-0.2, -0.15) is 0 Å². The molecule has 120 valence electrons. The molecule has 0 spiro atoms. The van der Waals surface area contributed by atoms with Crippen LogP contribution in [0.4, 0.5) is 0 Å². The van der Waals surface area contributed by atoms with Gasteiger partial charge >= 0.3 is 0 Å². The van der Waals surface area contributed by atoms with Gasteiger partial charge in [-0.05, 0) is 61.0 Å². The van der Waals surface area contributed by atoms with Crippen LogP contribution in [-0.2, 0) is 0 Å². The molecule has 0 amide bonds. The van der Waals surface area contributed by atoms with Crippen molar-refractivity contribution in [3.05, 3.63) is 84.7 Å². The molecule has 0 aromatic carbocycles. The van der Waals surface area contributed by atoms with Crippen LogP contribution >= 0.6 is 0 Å². The summed E-state index contributed by atoms with van der Waals surface area (Å²) in [6, 6.07) is 21.6. The highest BCUT2D eigenvalue weighted by Crippen LogP contribution is 2.23. The summed E-state index contributed by atoms with van der Waals surface area (Å²) in [6.07, 6.45) is 3.57. The number of pyridine rings is 4. The van der Waals surface area contributed by atoms with Crippen molar-refractivity contribution in [2.75, 3.05) is 0 Å². The first-order valence-corrected chi connectivity index (χ1v) is 8.08. The fourth-order valence-corrected chi connectivity index (χ4v) is 2.63. The van der Waals surface area contributed by atoms with E-state index in [1.807, 2.05) is 73.7 Å². The molecule has 0 aliphatic rings. The third-order valence-electron chi connectivity index (χ3n) is 3.87. The largest absolute Gasteiger partial charge is 0.255 e. The maximum absolute atomic E-state index is 4.74. The van der Waals surface area contributed by atoms with Crippen LogP contribution in [0.2, 0.25) is 0 Å². The van der Waals surface area contributed by atoms with Crippen molar-refractivity contribution < 1.29 is 0 Å². The van der Waals surface area contributed by atoms with Crippen LogP contribution in [0, 0.1) is 6.92 Å². The first-order chi connectivity index (χ1) is 12.3. The van der Waals surface area contributed by atoms with E-state index < -0.39 is 0 Å². The summed E-state index contributed by atoms with van der Waals surface area (Å²) in [5.74, 6) is 0. The molecule has 0 saturated heterocycles. The van der Waals surface area contributed by atoms with Crippen LogP contribution in [-0.4, -0.2) is 19.9 Å². The highest BCUT2D eigenvalue weighted by atomic mass is 14.8. The van der Waals surface area contributed by atoms with Gasteiger partial charge in [-0.15, -0.1) is 0 Å². The second-order valence-electron chi connectivity index (χ2n) is 5.75. The van der Waals surface area contributed by atoms with Crippen molar-refractivity contribution in [2.24, 2.45) is 0 Å². The highest BCUT2D eigenvalue weighted by Gasteiger charge is 2.07. The van der Waals surface area contributed by atoms with Gasteiger partial charge in [-0.1, -0.05) is 18.2 Å². The molecule has 4 rings (SSSR count). The molecule has 0 aliphatic heterocycles. The van der Waals surface area contributed by atoms with Crippen molar-refractivity contribution >= 4 is 0 Å². The Hall–Kier alpha value is -3.40. The molecule has 0 N–H and O–H groups in total. The van der Waals surface area contributed by atoms with E-state index in [9.17, 15) is 0 Å². The fraction of sp³-hybridized carbons (Fsp3) is 0.0476. The predicted octanol–water partition coefficient (Wildman–Crippen LogP) is 4.58. The third kappa shape index (κ3) is 3.28. The Kier molecular flexibility index (Phi) is 4.01. The molecular formula is C21H16N4. The summed E-state index contributed by atoms with van der Waals surface area (Å²) in [4.78, 5) is 18.2. The lowest BCUT2D eigenvalue weighted by Crippen LogP contribution is -1.94. The van der Waals surface area contributed by atoms with Crippen molar-refractivity contribution in [2.45, 2.75) is 6.92 Å². The van der Waals surface area contributed by atoms with Crippen molar-refractivity contribution in [1.82, 2.24) is 19.9 Å². The molecular weight excluding hydrogens is 308 g/mol. The summed E-state index contributed by atoms with van der Waals surface area (Å²) in [6.45, 7) is 2.05. The lowest BCUT2D eigenvalue weighted by Gasteiger charge is -2.06. The standard InChI is InChI=1S/C21H16N4/c1-15-11-13-23-21(14-15)20-10-5-9-19(25-20)18-8-4-7-17(24-18)16-6-2-3-12-22-16/h2-14H,1H3. The normalized spacial score (nSPS) is 10.6. The number of aromatic nitrogens is 4. The summed E-state index contributed by atoms with van der Waals surface area (Å²) < 4.78 is 0. The van der Waals surface area contributed by atoms with E-state index in [-0.39, 0.29) is 0 Å². The maximum Gasteiger partial charge on any atom is 0.0894 e.